The first-order chi connectivity index (χ1) is 9.37. The molecule has 4 nitrogen and oxygen atoms in total. The molecule has 20 heavy (non-hydrogen) atoms. The smallest absolute Gasteiger partial charge is 0.410 e. The molecule has 0 saturated carbocycles. The van der Waals surface area contributed by atoms with Crippen molar-refractivity contribution in [1.82, 2.24) is 8.83 Å². The topological polar surface area (TPSA) is 32.8 Å². The zero-order valence-electron chi connectivity index (χ0n) is 12.2. The molecule has 1 aliphatic heterocycles. The highest BCUT2D eigenvalue weighted by Crippen LogP contribution is 2.28. The minimum Gasteiger partial charge on any atom is -0.444 e. The van der Waals surface area contributed by atoms with Crippen molar-refractivity contribution >= 4 is 22.2 Å². The first kappa shape index (κ1) is 15.3. The molecule has 1 aromatic rings. The van der Waals surface area contributed by atoms with Crippen molar-refractivity contribution in [2.75, 3.05) is 19.6 Å². The Bertz CT molecular complexity index is 459. The van der Waals surface area contributed by atoms with Crippen LogP contribution in [0.2, 0.25) is 0 Å². The van der Waals surface area contributed by atoms with Crippen molar-refractivity contribution in [2.24, 2.45) is 0 Å². The highest BCUT2D eigenvalue weighted by molar-refractivity contribution is 9.07. The summed E-state index contributed by atoms with van der Waals surface area (Å²) >= 11 is 3.52. The molecule has 0 bridgehead atoms. The van der Waals surface area contributed by atoms with Crippen LogP contribution in [0.15, 0.2) is 30.3 Å². The molecule has 1 unspecified atom stereocenters. The number of nitrogens with zero attached hydrogens (tertiary/aromatic N) is 2. The second-order valence-corrected chi connectivity index (χ2v) is 6.97. The van der Waals surface area contributed by atoms with Crippen LogP contribution in [0.5, 0.6) is 0 Å². The summed E-state index contributed by atoms with van der Waals surface area (Å²) in [6, 6.07) is 10.1. The Morgan fingerprint density at radius 3 is 2.50 bits per heavy atom. The molecule has 0 aliphatic carbocycles. The standard InChI is InChI=1S/C15H21BrN2O2/c1-15(2,3)20-14(19)18-10-9-17(16)11-13(18)12-7-5-4-6-8-12/h4-8,13H,9-11H2,1-3H3. The number of piperazine rings is 1. The van der Waals surface area contributed by atoms with Crippen molar-refractivity contribution in [3.05, 3.63) is 35.9 Å². The summed E-state index contributed by atoms with van der Waals surface area (Å²) in [7, 11) is 0. The van der Waals surface area contributed by atoms with Gasteiger partial charge in [0.25, 0.3) is 0 Å². The molecule has 110 valence electrons. The third-order valence-corrected chi connectivity index (χ3v) is 3.79. The van der Waals surface area contributed by atoms with Gasteiger partial charge in [0.05, 0.1) is 6.04 Å². The van der Waals surface area contributed by atoms with Gasteiger partial charge in [-0.1, -0.05) is 30.3 Å². The molecule has 1 saturated heterocycles. The first-order valence-corrected chi connectivity index (χ1v) is 7.53. The lowest BCUT2D eigenvalue weighted by Gasteiger charge is -2.39. The lowest BCUT2D eigenvalue weighted by Crippen LogP contribution is -2.49. The molecule has 0 spiro atoms. The van der Waals surface area contributed by atoms with E-state index < -0.39 is 5.60 Å². The Balaban J connectivity index is 2.19. The van der Waals surface area contributed by atoms with E-state index >= 15 is 0 Å². The number of hydrogen-bond acceptors (Lipinski definition) is 3. The number of halogens is 1. The number of hydrogen-bond donors (Lipinski definition) is 0. The maximum atomic E-state index is 12.4. The molecule has 2 rings (SSSR count). The molecule has 0 aromatic heterocycles. The summed E-state index contributed by atoms with van der Waals surface area (Å²) in [5.41, 5.74) is 0.659. The van der Waals surface area contributed by atoms with Crippen LogP contribution in [0.25, 0.3) is 0 Å². The van der Waals surface area contributed by atoms with Crippen LogP contribution in [0.1, 0.15) is 32.4 Å². The lowest BCUT2D eigenvalue weighted by atomic mass is 10.0. The number of carbonyl (C=O) groups is 1. The predicted molar refractivity (Wildman–Crippen MR) is 82.6 cm³/mol. The second-order valence-electron chi connectivity index (χ2n) is 5.97. The molecule has 1 heterocycles. The maximum Gasteiger partial charge on any atom is 0.410 e. The third-order valence-electron chi connectivity index (χ3n) is 3.14. The summed E-state index contributed by atoms with van der Waals surface area (Å²) < 4.78 is 7.58. The molecular formula is C15H21BrN2O2. The lowest BCUT2D eigenvalue weighted by molar-refractivity contribution is 0.00704. The van der Waals surface area contributed by atoms with E-state index in [4.69, 9.17) is 4.74 Å². The van der Waals surface area contributed by atoms with E-state index in [-0.39, 0.29) is 12.1 Å². The van der Waals surface area contributed by atoms with E-state index in [1.807, 2.05) is 56.0 Å². The van der Waals surface area contributed by atoms with Crippen molar-refractivity contribution in [3.63, 3.8) is 0 Å². The van der Waals surface area contributed by atoms with Crippen molar-refractivity contribution in [1.29, 1.82) is 0 Å². The van der Waals surface area contributed by atoms with E-state index in [0.29, 0.717) is 6.54 Å². The molecule has 1 aromatic carbocycles. The SMILES string of the molecule is CC(C)(C)OC(=O)N1CCN(Br)CC1c1ccccc1. The Morgan fingerprint density at radius 1 is 1.25 bits per heavy atom. The summed E-state index contributed by atoms with van der Waals surface area (Å²) in [6.07, 6.45) is -0.244. The second kappa shape index (κ2) is 6.14. The van der Waals surface area contributed by atoms with Gasteiger partial charge in [0.2, 0.25) is 0 Å². The van der Waals surface area contributed by atoms with E-state index in [9.17, 15) is 4.79 Å². The van der Waals surface area contributed by atoms with Gasteiger partial charge in [-0.3, -0.25) is 4.90 Å². The highest BCUT2D eigenvalue weighted by Gasteiger charge is 2.33. The Morgan fingerprint density at radius 2 is 1.90 bits per heavy atom. The van der Waals surface area contributed by atoms with Gasteiger partial charge >= 0.3 is 6.09 Å². The van der Waals surface area contributed by atoms with Crippen LogP contribution >= 0.6 is 16.1 Å². The van der Waals surface area contributed by atoms with Crippen LogP contribution in [-0.2, 0) is 4.74 Å². The predicted octanol–water partition coefficient (Wildman–Crippen LogP) is 3.59. The molecule has 1 aliphatic rings. The highest BCUT2D eigenvalue weighted by atomic mass is 79.9. The van der Waals surface area contributed by atoms with Gasteiger partial charge in [0, 0.05) is 35.8 Å². The molecule has 5 heteroatoms. The average molecular weight is 341 g/mol. The Labute approximate surface area is 129 Å². The zero-order chi connectivity index (χ0) is 14.8. The van der Waals surface area contributed by atoms with Crippen LogP contribution in [-0.4, -0.2) is 40.2 Å². The summed E-state index contributed by atoms with van der Waals surface area (Å²) in [5, 5.41) is 0. The van der Waals surface area contributed by atoms with Crippen molar-refractivity contribution in [3.8, 4) is 0 Å². The quantitative estimate of drug-likeness (QED) is 0.732. The molecular weight excluding hydrogens is 320 g/mol. The first-order valence-electron chi connectivity index (χ1n) is 6.82. The van der Waals surface area contributed by atoms with Gasteiger partial charge in [-0.15, -0.1) is 0 Å². The normalized spacial score (nSPS) is 20.8. The number of carbonyl (C=O) groups excluding carboxylic acids is 1. The van der Waals surface area contributed by atoms with Gasteiger partial charge in [0.15, 0.2) is 0 Å². The van der Waals surface area contributed by atoms with Gasteiger partial charge < -0.3 is 4.74 Å². The molecule has 1 amide bonds. The molecule has 1 atom stereocenters. The Kier molecular flexibility index (Phi) is 4.70. The molecule has 0 N–H and O–H groups in total. The fourth-order valence-corrected chi connectivity index (χ4v) is 2.68. The van der Waals surface area contributed by atoms with Gasteiger partial charge in [-0.05, 0) is 26.3 Å². The number of benzene rings is 1. The fourth-order valence-electron chi connectivity index (χ4n) is 2.25. The molecule has 0 radical (unpaired) electrons. The van der Waals surface area contributed by atoms with Gasteiger partial charge in [-0.2, -0.15) is 0 Å². The fraction of sp³-hybridized carbons (Fsp3) is 0.533. The van der Waals surface area contributed by atoms with E-state index in [1.165, 1.54) is 0 Å². The molecule has 1 fully saturated rings. The zero-order valence-corrected chi connectivity index (χ0v) is 13.8. The minimum atomic E-state index is -0.468. The third kappa shape index (κ3) is 3.96. The monoisotopic (exact) mass is 340 g/mol. The van der Waals surface area contributed by atoms with Crippen LogP contribution < -0.4 is 0 Å². The van der Waals surface area contributed by atoms with E-state index in [1.54, 1.807) is 0 Å². The summed E-state index contributed by atoms with van der Waals surface area (Å²) in [5.74, 6) is 0. The van der Waals surface area contributed by atoms with E-state index in [0.717, 1.165) is 18.7 Å². The summed E-state index contributed by atoms with van der Waals surface area (Å²) in [4.78, 5) is 14.2. The summed E-state index contributed by atoms with van der Waals surface area (Å²) in [6.45, 7) is 7.88. The number of amides is 1. The maximum absolute atomic E-state index is 12.4. The Hall–Kier alpha value is -1.07. The van der Waals surface area contributed by atoms with Crippen molar-refractivity contribution < 1.29 is 9.53 Å². The largest absolute Gasteiger partial charge is 0.444 e. The number of ether oxygens (including phenoxy) is 1. The van der Waals surface area contributed by atoms with Crippen LogP contribution in [0.4, 0.5) is 4.79 Å². The van der Waals surface area contributed by atoms with Gasteiger partial charge in [0.1, 0.15) is 5.60 Å². The van der Waals surface area contributed by atoms with Crippen LogP contribution in [0, 0.1) is 0 Å². The van der Waals surface area contributed by atoms with Crippen LogP contribution in [0.3, 0.4) is 0 Å². The van der Waals surface area contributed by atoms with Gasteiger partial charge in [-0.25, -0.2) is 8.72 Å². The average Bonchev–Trinajstić information content (AvgIpc) is 2.37. The van der Waals surface area contributed by atoms with Crippen molar-refractivity contribution in [2.45, 2.75) is 32.4 Å². The minimum absolute atomic E-state index is 0.0131. The number of rotatable bonds is 1. The van der Waals surface area contributed by atoms with E-state index in [2.05, 4.69) is 20.1 Å².